The molecule has 6 nitrogen and oxygen atoms in total. The summed E-state index contributed by atoms with van der Waals surface area (Å²) >= 11 is 6.32. The Morgan fingerprint density at radius 1 is 1.36 bits per heavy atom. The van der Waals surface area contributed by atoms with Crippen molar-refractivity contribution in [3.8, 4) is 0 Å². The van der Waals surface area contributed by atoms with Crippen molar-refractivity contribution >= 4 is 17.5 Å². The van der Waals surface area contributed by atoms with Crippen LogP contribution in [-0.4, -0.2) is 31.5 Å². The lowest BCUT2D eigenvalue weighted by molar-refractivity contribution is 0.0935. The zero-order valence-electron chi connectivity index (χ0n) is 13.4. The van der Waals surface area contributed by atoms with Crippen molar-refractivity contribution in [1.82, 2.24) is 24.9 Å². The van der Waals surface area contributed by atoms with Gasteiger partial charge in [-0.1, -0.05) is 25.4 Å². The number of aryl methyl sites for hydroxylation is 1. The molecule has 0 aliphatic rings. The van der Waals surface area contributed by atoms with Crippen LogP contribution in [0.5, 0.6) is 0 Å². The van der Waals surface area contributed by atoms with Gasteiger partial charge in [-0.05, 0) is 25.8 Å². The number of hydrogen-bond donors (Lipinski definition) is 1. The summed E-state index contributed by atoms with van der Waals surface area (Å²) < 4.78 is 3.47. The lowest BCUT2D eigenvalue weighted by Crippen LogP contribution is -2.36. The molecule has 0 bridgehead atoms. The van der Waals surface area contributed by atoms with Gasteiger partial charge in [0.25, 0.3) is 5.91 Å². The van der Waals surface area contributed by atoms with Crippen molar-refractivity contribution in [2.45, 2.75) is 46.8 Å². The number of carbonyl (C=O) groups excluding carboxylic acids is 1. The van der Waals surface area contributed by atoms with Crippen LogP contribution >= 0.6 is 11.6 Å². The van der Waals surface area contributed by atoms with Gasteiger partial charge in [-0.15, -0.1) is 0 Å². The van der Waals surface area contributed by atoms with E-state index in [-0.39, 0.29) is 11.9 Å². The van der Waals surface area contributed by atoms with Gasteiger partial charge >= 0.3 is 0 Å². The zero-order chi connectivity index (χ0) is 16.3. The van der Waals surface area contributed by atoms with Crippen LogP contribution < -0.4 is 5.32 Å². The minimum absolute atomic E-state index is 0.0590. The van der Waals surface area contributed by atoms with Gasteiger partial charge in [-0.3, -0.25) is 14.2 Å². The summed E-state index contributed by atoms with van der Waals surface area (Å²) in [7, 11) is 0. The van der Waals surface area contributed by atoms with E-state index < -0.39 is 0 Å². The maximum absolute atomic E-state index is 12.4. The molecule has 0 saturated heterocycles. The number of carbonyl (C=O) groups is 1. The van der Waals surface area contributed by atoms with Gasteiger partial charge < -0.3 is 5.32 Å². The molecule has 2 aromatic rings. The molecule has 1 unspecified atom stereocenters. The average Bonchev–Trinajstić information content (AvgIpc) is 2.98. The van der Waals surface area contributed by atoms with E-state index in [0.717, 1.165) is 0 Å². The van der Waals surface area contributed by atoms with Crippen molar-refractivity contribution in [3.63, 3.8) is 0 Å². The third-order valence-electron chi connectivity index (χ3n) is 3.23. The molecule has 0 radical (unpaired) electrons. The second kappa shape index (κ2) is 6.96. The predicted octanol–water partition coefficient (Wildman–Crippen LogP) is 2.52. The number of halogens is 1. The lowest BCUT2D eigenvalue weighted by atomic mass is 10.2. The fourth-order valence-electron chi connectivity index (χ4n) is 2.31. The molecule has 1 atom stereocenters. The number of aromatic nitrogens is 4. The molecule has 1 N–H and O–H groups in total. The van der Waals surface area contributed by atoms with Crippen LogP contribution in [0, 0.1) is 12.8 Å². The summed E-state index contributed by atoms with van der Waals surface area (Å²) in [6.45, 7) is 9.20. The largest absolute Gasteiger partial charge is 0.348 e. The normalized spacial score (nSPS) is 12.6. The summed E-state index contributed by atoms with van der Waals surface area (Å²) in [6.07, 6.45) is 3.58. The van der Waals surface area contributed by atoms with E-state index in [1.54, 1.807) is 22.5 Å². The Balaban J connectivity index is 2.07. The lowest BCUT2D eigenvalue weighted by Gasteiger charge is -2.14. The summed E-state index contributed by atoms with van der Waals surface area (Å²) in [4.78, 5) is 12.4. The average molecular weight is 324 g/mol. The molecule has 22 heavy (non-hydrogen) atoms. The van der Waals surface area contributed by atoms with E-state index in [4.69, 9.17) is 11.6 Å². The highest BCUT2D eigenvalue weighted by Gasteiger charge is 2.21. The summed E-state index contributed by atoms with van der Waals surface area (Å²) in [5.41, 5.74) is 1.10. The Kier molecular flexibility index (Phi) is 5.24. The molecular weight excluding hydrogens is 302 g/mol. The van der Waals surface area contributed by atoms with Gasteiger partial charge in [0.1, 0.15) is 5.15 Å². The Labute approximate surface area is 135 Å². The first-order valence-electron chi connectivity index (χ1n) is 7.39. The maximum atomic E-state index is 12.4. The van der Waals surface area contributed by atoms with Crippen LogP contribution in [0.2, 0.25) is 5.15 Å². The molecule has 2 rings (SSSR count). The molecule has 0 aliphatic carbocycles. The fraction of sp³-hybridized carbons (Fsp3) is 0.533. The van der Waals surface area contributed by atoms with Crippen molar-refractivity contribution in [2.75, 3.05) is 0 Å². The Bertz CT molecular complexity index is 633. The van der Waals surface area contributed by atoms with Crippen molar-refractivity contribution in [1.29, 1.82) is 0 Å². The SMILES string of the molecule is Cc1nn(CC(C)C)c(Cl)c1C(=O)NC(C)Cn1cccn1. The third-order valence-corrected chi connectivity index (χ3v) is 3.61. The van der Waals surface area contributed by atoms with Gasteiger partial charge in [0.2, 0.25) is 0 Å². The molecule has 2 aromatic heterocycles. The molecule has 0 saturated carbocycles. The van der Waals surface area contributed by atoms with Gasteiger partial charge in [-0.25, -0.2) is 0 Å². The second-order valence-electron chi connectivity index (χ2n) is 5.93. The fourth-order valence-corrected chi connectivity index (χ4v) is 2.64. The smallest absolute Gasteiger partial charge is 0.256 e. The van der Waals surface area contributed by atoms with Crippen LogP contribution in [0.1, 0.15) is 36.8 Å². The molecule has 2 heterocycles. The van der Waals surface area contributed by atoms with Gasteiger partial charge in [-0.2, -0.15) is 10.2 Å². The molecular formula is C15H22ClN5O. The maximum Gasteiger partial charge on any atom is 0.256 e. The van der Waals surface area contributed by atoms with Crippen LogP contribution in [-0.2, 0) is 13.1 Å². The van der Waals surface area contributed by atoms with Gasteiger partial charge in [0.15, 0.2) is 0 Å². The first-order valence-corrected chi connectivity index (χ1v) is 7.77. The zero-order valence-corrected chi connectivity index (χ0v) is 14.1. The summed E-state index contributed by atoms with van der Waals surface area (Å²) in [6, 6.07) is 1.79. The summed E-state index contributed by atoms with van der Waals surface area (Å²) in [5, 5.41) is 11.8. The number of rotatable bonds is 6. The molecule has 120 valence electrons. The molecule has 0 aliphatic heterocycles. The quantitative estimate of drug-likeness (QED) is 0.888. The highest BCUT2D eigenvalue weighted by molar-refractivity contribution is 6.33. The van der Waals surface area contributed by atoms with Crippen LogP contribution in [0.3, 0.4) is 0 Å². The van der Waals surface area contributed by atoms with E-state index >= 15 is 0 Å². The van der Waals surface area contributed by atoms with Crippen molar-refractivity contribution in [3.05, 3.63) is 34.9 Å². The predicted molar refractivity (Wildman–Crippen MR) is 86.0 cm³/mol. The summed E-state index contributed by atoms with van der Waals surface area (Å²) in [5.74, 6) is 0.212. The van der Waals surface area contributed by atoms with Crippen molar-refractivity contribution < 1.29 is 4.79 Å². The van der Waals surface area contributed by atoms with E-state index in [0.29, 0.717) is 35.4 Å². The van der Waals surface area contributed by atoms with Crippen molar-refractivity contribution in [2.24, 2.45) is 5.92 Å². The van der Waals surface area contributed by atoms with Crippen LogP contribution in [0.25, 0.3) is 0 Å². The van der Waals surface area contributed by atoms with Gasteiger partial charge in [0.05, 0.1) is 17.8 Å². The Hall–Kier alpha value is -1.82. The first-order chi connectivity index (χ1) is 10.4. The van der Waals surface area contributed by atoms with Crippen LogP contribution in [0.4, 0.5) is 0 Å². The van der Waals surface area contributed by atoms with E-state index in [1.165, 1.54) is 0 Å². The topological polar surface area (TPSA) is 64.7 Å². The molecule has 0 fully saturated rings. The number of hydrogen-bond acceptors (Lipinski definition) is 3. The molecule has 0 aromatic carbocycles. The van der Waals surface area contributed by atoms with E-state index in [2.05, 4.69) is 29.4 Å². The second-order valence-corrected chi connectivity index (χ2v) is 6.29. The minimum atomic E-state index is -0.197. The molecule has 7 heteroatoms. The van der Waals surface area contributed by atoms with Crippen LogP contribution in [0.15, 0.2) is 18.5 Å². The standard InChI is InChI=1S/C15H22ClN5O/c1-10(2)8-21-14(16)13(12(4)19-21)15(22)18-11(3)9-20-7-5-6-17-20/h5-7,10-11H,8-9H2,1-4H3,(H,18,22). The van der Waals surface area contributed by atoms with E-state index in [1.807, 2.05) is 19.2 Å². The highest BCUT2D eigenvalue weighted by Crippen LogP contribution is 2.21. The monoisotopic (exact) mass is 323 g/mol. The van der Waals surface area contributed by atoms with Gasteiger partial charge in [0, 0.05) is 25.0 Å². The minimum Gasteiger partial charge on any atom is -0.348 e. The first kappa shape index (κ1) is 16.5. The molecule has 1 amide bonds. The van der Waals surface area contributed by atoms with E-state index in [9.17, 15) is 4.79 Å². The number of nitrogens with zero attached hydrogens (tertiary/aromatic N) is 4. The number of amides is 1. The Morgan fingerprint density at radius 2 is 2.09 bits per heavy atom. The third kappa shape index (κ3) is 3.88. The Morgan fingerprint density at radius 3 is 2.68 bits per heavy atom. The molecule has 0 spiro atoms. The highest BCUT2D eigenvalue weighted by atomic mass is 35.5. The number of nitrogens with one attached hydrogen (secondary N) is 1.